The van der Waals surface area contributed by atoms with Gasteiger partial charge in [0.2, 0.25) is 5.75 Å². The summed E-state index contributed by atoms with van der Waals surface area (Å²) in [5, 5.41) is 1.20. The number of hydrogen-bond acceptors (Lipinski definition) is 5. The summed E-state index contributed by atoms with van der Waals surface area (Å²) >= 11 is 0. The number of H-pyrrole nitrogens is 1. The van der Waals surface area contributed by atoms with Crippen LogP contribution in [0.5, 0.6) is 17.2 Å². The molecule has 0 radical (unpaired) electrons. The molecule has 31 heavy (non-hydrogen) atoms. The number of fused-ring (bicyclic) bond motifs is 2. The highest BCUT2D eigenvalue weighted by Gasteiger charge is 2.18. The molecule has 0 saturated carbocycles. The smallest absolute Gasteiger partial charge is 0.203 e. The Labute approximate surface area is 179 Å². The van der Waals surface area contributed by atoms with E-state index in [0.29, 0.717) is 17.2 Å². The van der Waals surface area contributed by atoms with Crippen LogP contribution in [0.4, 0.5) is 0 Å². The fourth-order valence-electron chi connectivity index (χ4n) is 3.91. The van der Waals surface area contributed by atoms with Crippen LogP contribution in [0.3, 0.4) is 0 Å². The van der Waals surface area contributed by atoms with Gasteiger partial charge in [0.25, 0.3) is 0 Å². The molecule has 7 heteroatoms. The first-order valence-electron chi connectivity index (χ1n) is 9.83. The van der Waals surface area contributed by atoms with Gasteiger partial charge in [0.15, 0.2) is 11.5 Å². The zero-order valence-electron chi connectivity index (χ0n) is 17.8. The Kier molecular flexibility index (Phi) is 4.51. The van der Waals surface area contributed by atoms with Crippen molar-refractivity contribution in [3.63, 3.8) is 0 Å². The zero-order chi connectivity index (χ0) is 21.5. The molecule has 0 amide bonds. The maximum atomic E-state index is 5.51. The van der Waals surface area contributed by atoms with Crippen molar-refractivity contribution >= 4 is 21.9 Å². The molecule has 0 unspecified atom stereocenters. The largest absolute Gasteiger partial charge is 0.493 e. The Bertz CT molecular complexity index is 1390. The van der Waals surface area contributed by atoms with Crippen molar-refractivity contribution in [2.45, 2.75) is 0 Å². The lowest BCUT2D eigenvalue weighted by molar-refractivity contribution is 0.324. The maximum absolute atomic E-state index is 5.51. The van der Waals surface area contributed by atoms with Crippen molar-refractivity contribution in [3.8, 4) is 39.9 Å². The number of ether oxygens (including phenoxy) is 3. The molecule has 0 aliphatic heterocycles. The summed E-state index contributed by atoms with van der Waals surface area (Å²) in [6, 6.07) is 14.1. The molecule has 5 rings (SSSR count). The van der Waals surface area contributed by atoms with E-state index < -0.39 is 0 Å². The molecule has 0 saturated heterocycles. The van der Waals surface area contributed by atoms with Gasteiger partial charge in [-0.05, 0) is 35.7 Å². The Morgan fingerprint density at radius 2 is 1.65 bits per heavy atom. The molecule has 156 valence electrons. The molecule has 0 atom stereocenters. The van der Waals surface area contributed by atoms with Gasteiger partial charge in [-0.25, -0.2) is 4.98 Å². The first kappa shape index (κ1) is 19.0. The van der Waals surface area contributed by atoms with Crippen molar-refractivity contribution in [2.24, 2.45) is 7.05 Å². The average Bonchev–Trinajstić information content (AvgIpc) is 3.41. The molecular weight excluding hydrogens is 392 g/mol. The SMILES string of the molecule is COc1cc(-c2nccc3[nH]c(-c4ccc5ccn(C)c5c4)nc23)cc(OC)c1OC. The summed E-state index contributed by atoms with van der Waals surface area (Å²) in [4.78, 5) is 12.9. The van der Waals surface area contributed by atoms with E-state index in [1.165, 1.54) is 5.39 Å². The average molecular weight is 414 g/mol. The molecule has 5 aromatic rings. The molecule has 3 aromatic heterocycles. The minimum absolute atomic E-state index is 0.541. The summed E-state index contributed by atoms with van der Waals surface area (Å²) in [6.45, 7) is 0. The van der Waals surface area contributed by atoms with Crippen LogP contribution in [0.1, 0.15) is 0 Å². The summed E-state index contributed by atoms with van der Waals surface area (Å²) in [7, 11) is 6.82. The Morgan fingerprint density at radius 1 is 0.871 bits per heavy atom. The van der Waals surface area contributed by atoms with E-state index in [1.54, 1.807) is 27.5 Å². The third-order valence-corrected chi connectivity index (χ3v) is 5.50. The highest BCUT2D eigenvalue weighted by molar-refractivity contribution is 5.93. The number of hydrogen-bond donors (Lipinski definition) is 1. The predicted octanol–water partition coefficient (Wildman–Crippen LogP) is 4.81. The number of nitrogens with zero attached hydrogens (tertiary/aromatic N) is 3. The van der Waals surface area contributed by atoms with Gasteiger partial charge < -0.3 is 23.8 Å². The number of imidazole rings is 1. The van der Waals surface area contributed by atoms with Crippen LogP contribution in [-0.2, 0) is 7.05 Å². The van der Waals surface area contributed by atoms with Gasteiger partial charge in [-0.3, -0.25) is 4.98 Å². The van der Waals surface area contributed by atoms with Crippen LogP contribution in [0.25, 0.3) is 44.6 Å². The van der Waals surface area contributed by atoms with E-state index in [2.05, 4.69) is 45.0 Å². The van der Waals surface area contributed by atoms with Gasteiger partial charge in [0, 0.05) is 36.1 Å². The van der Waals surface area contributed by atoms with E-state index in [4.69, 9.17) is 19.2 Å². The van der Waals surface area contributed by atoms with E-state index in [9.17, 15) is 0 Å². The normalized spacial score (nSPS) is 11.2. The van der Waals surface area contributed by atoms with Crippen LogP contribution in [0.2, 0.25) is 0 Å². The monoisotopic (exact) mass is 414 g/mol. The fourth-order valence-corrected chi connectivity index (χ4v) is 3.91. The van der Waals surface area contributed by atoms with Crippen molar-refractivity contribution in [3.05, 3.63) is 54.9 Å². The lowest BCUT2D eigenvalue weighted by Crippen LogP contribution is -1.96. The molecule has 0 aliphatic carbocycles. The number of rotatable bonds is 5. The molecule has 0 fully saturated rings. The lowest BCUT2D eigenvalue weighted by atomic mass is 10.1. The Morgan fingerprint density at radius 3 is 2.35 bits per heavy atom. The third kappa shape index (κ3) is 3.06. The Hall–Kier alpha value is -4.00. The number of aromatic nitrogens is 4. The van der Waals surface area contributed by atoms with Crippen LogP contribution in [-0.4, -0.2) is 40.8 Å². The molecule has 3 heterocycles. The van der Waals surface area contributed by atoms with Crippen molar-refractivity contribution in [1.29, 1.82) is 0 Å². The number of methoxy groups -OCH3 is 3. The number of nitrogens with one attached hydrogen (secondary N) is 1. The van der Waals surface area contributed by atoms with Gasteiger partial charge in [-0.2, -0.15) is 0 Å². The lowest BCUT2D eigenvalue weighted by Gasteiger charge is -2.14. The highest BCUT2D eigenvalue weighted by Crippen LogP contribution is 2.42. The van der Waals surface area contributed by atoms with Gasteiger partial charge in [0.1, 0.15) is 11.3 Å². The minimum Gasteiger partial charge on any atom is -0.493 e. The van der Waals surface area contributed by atoms with Crippen molar-refractivity contribution < 1.29 is 14.2 Å². The van der Waals surface area contributed by atoms with Crippen LogP contribution in [0, 0.1) is 0 Å². The van der Waals surface area contributed by atoms with Gasteiger partial charge >= 0.3 is 0 Å². The molecule has 0 aliphatic rings. The number of aromatic amines is 1. The van der Waals surface area contributed by atoms with E-state index in [-0.39, 0.29) is 0 Å². The topological polar surface area (TPSA) is 74.2 Å². The van der Waals surface area contributed by atoms with E-state index in [1.807, 2.05) is 25.2 Å². The maximum Gasteiger partial charge on any atom is 0.203 e. The minimum atomic E-state index is 0.541. The molecule has 0 spiro atoms. The molecule has 7 nitrogen and oxygen atoms in total. The summed E-state index contributed by atoms with van der Waals surface area (Å²) in [6.07, 6.45) is 3.82. The van der Waals surface area contributed by atoms with E-state index in [0.717, 1.165) is 39.2 Å². The van der Waals surface area contributed by atoms with E-state index >= 15 is 0 Å². The van der Waals surface area contributed by atoms with Crippen LogP contribution >= 0.6 is 0 Å². The molecule has 2 aromatic carbocycles. The van der Waals surface area contributed by atoms with Gasteiger partial charge in [-0.15, -0.1) is 0 Å². The molecular formula is C24H22N4O3. The van der Waals surface area contributed by atoms with Gasteiger partial charge in [0.05, 0.1) is 32.5 Å². The highest BCUT2D eigenvalue weighted by atomic mass is 16.5. The van der Waals surface area contributed by atoms with Gasteiger partial charge in [-0.1, -0.05) is 12.1 Å². The quantitative estimate of drug-likeness (QED) is 0.447. The second kappa shape index (κ2) is 7.36. The predicted molar refractivity (Wildman–Crippen MR) is 121 cm³/mol. The van der Waals surface area contributed by atoms with Crippen LogP contribution in [0.15, 0.2) is 54.9 Å². The summed E-state index contributed by atoms with van der Waals surface area (Å²) in [5.41, 5.74) is 5.41. The summed E-state index contributed by atoms with van der Waals surface area (Å²) < 4.78 is 18.6. The number of aryl methyl sites for hydroxylation is 1. The summed E-state index contributed by atoms with van der Waals surface area (Å²) in [5.74, 6) is 2.47. The molecule has 0 bridgehead atoms. The van der Waals surface area contributed by atoms with Crippen LogP contribution < -0.4 is 14.2 Å². The molecule has 1 N–H and O–H groups in total. The first-order chi connectivity index (χ1) is 15.1. The number of benzene rings is 2. The Balaban J connectivity index is 1.68. The first-order valence-corrected chi connectivity index (χ1v) is 9.83. The second-order valence-electron chi connectivity index (χ2n) is 7.26. The van der Waals surface area contributed by atoms with Crippen molar-refractivity contribution in [1.82, 2.24) is 19.5 Å². The zero-order valence-corrected chi connectivity index (χ0v) is 17.8. The van der Waals surface area contributed by atoms with Crippen molar-refractivity contribution in [2.75, 3.05) is 21.3 Å². The second-order valence-corrected chi connectivity index (χ2v) is 7.26. The third-order valence-electron chi connectivity index (χ3n) is 5.50. The fraction of sp³-hybridized carbons (Fsp3) is 0.167. The number of pyridine rings is 1. The standard InChI is InChI=1S/C24H22N4O3/c1-28-10-8-14-5-6-15(11-18(14)28)24-26-17-7-9-25-21(22(17)27-24)16-12-19(29-2)23(31-4)20(13-16)30-3/h5-13H,1-4H3,(H,26,27).